The van der Waals surface area contributed by atoms with Gasteiger partial charge in [0.15, 0.2) is 5.78 Å². The number of hydrogen-bond donors (Lipinski definition) is 2. The maximum Gasteiger partial charge on any atom is 0.167 e. The number of benzene rings is 2. The van der Waals surface area contributed by atoms with Crippen molar-refractivity contribution in [1.29, 1.82) is 0 Å². The number of phenolic OH excluding ortho intramolecular Hbond substituents is 1. The van der Waals surface area contributed by atoms with Gasteiger partial charge in [0.25, 0.3) is 0 Å². The van der Waals surface area contributed by atoms with Crippen LogP contribution in [-0.4, -0.2) is 10.9 Å². The molecule has 0 saturated carbocycles. The molecular formula is C15H14BrNO2. The van der Waals surface area contributed by atoms with Crippen molar-refractivity contribution in [2.75, 3.05) is 0 Å². The van der Waals surface area contributed by atoms with Crippen molar-refractivity contribution < 1.29 is 9.90 Å². The third-order valence-electron chi connectivity index (χ3n) is 2.89. The van der Waals surface area contributed by atoms with Crippen LogP contribution >= 0.6 is 15.9 Å². The number of carbonyl (C=O) groups is 1. The number of Topliss-reactive ketones (excluding diaryl/α,β-unsaturated/α-hetero) is 1. The topological polar surface area (TPSA) is 63.3 Å². The molecule has 0 aliphatic rings. The van der Waals surface area contributed by atoms with Crippen LogP contribution in [0.2, 0.25) is 0 Å². The summed E-state index contributed by atoms with van der Waals surface area (Å²) in [5, 5.41) is 9.76. The number of carbonyl (C=O) groups excluding carboxylic acids is 1. The minimum Gasteiger partial charge on any atom is -0.506 e. The molecule has 4 heteroatoms. The average molecular weight is 320 g/mol. The molecule has 0 fully saturated rings. The predicted molar refractivity (Wildman–Crippen MR) is 78.2 cm³/mol. The van der Waals surface area contributed by atoms with Crippen molar-refractivity contribution >= 4 is 21.7 Å². The number of aromatic hydroxyl groups is 1. The molecule has 2 aromatic rings. The van der Waals surface area contributed by atoms with E-state index in [-0.39, 0.29) is 18.1 Å². The van der Waals surface area contributed by atoms with Crippen LogP contribution in [0.5, 0.6) is 5.75 Å². The van der Waals surface area contributed by atoms with Crippen molar-refractivity contribution in [3.05, 3.63) is 63.6 Å². The van der Waals surface area contributed by atoms with Gasteiger partial charge >= 0.3 is 0 Å². The molecule has 0 radical (unpaired) electrons. The molecule has 0 amide bonds. The van der Waals surface area contributed by atoms with Crippen LogP contribution < -0.4 is 5.73 Å². The number of nitrogens with two attached hydrogens (primary N) is 1. The van der Waals surface area contributed by atoms with Gasteiger partial charge < -0.3 is 10.8 Å². The summed E-state index contributed by atoms with van der Waals surface area (Å²) in [4.78, 5) is 12.2. The van der Waals surface area contributed by atoms with E-state index >= 15 is 0 Å². The van der Waals surface area contributed by atoms with E-state index in [2.05, 4.69) is 15.9 Å². The first-order valence-corrected chi connectivity index (χ1v) is 6.69. The second-order valence-electron chi connectivity index (χ2n) is 4.26. The van der Waals surface area contributed by atoms with Crippen LogP contribution in [0.1, 0.15) is 21.5 Å². The van der Waals surface area contributed by atoms with Crippen molar-refractivity contribution in [2.45, 2.75) is 13.0 Å². The van der Waals surface area contributed by atoms with Gasteiger partial charge in [0.05, 0.1) is 4.47 Å². The Kier molecular flexibility index (Phi) is 4.35. The highest BCUT2D eigenvalue weighted by molar-refractivity contribution is 9.10. The van der Waals surface area contributed by atoms with Crippen LogP contribution in [-0.2, 0) is 13.0 Å². The van der Waals surface area contributed by atoms with E-state index in [1.165, 1.54) is 0 Å². The number of ketones is 1. The van der Waals surface area contributed by atoms with Crippen molar-refractivity contribution in [3.8, 4) is 5.75 Å². The fraction of sp³-hybridized carbons (Fsp3) is 0.133. The minimum absolute atomic E-state index is 0.00148. The maximum absolute atomic E-state index is 12.2. The summed E-state index contributed by atoms with van der Waals surface area (Å²) in [7, 11) is 0. The fourth-order valence-electron chi connectivity index (χ4n) is 1.86. The quantitative estimate of drug-likeness (QED) is 0.851. The van der Waals surface area contributed by atoms with Gasteiger partial charge in [-0.2, -0.15) is 0 Å². The molecule has 98 valence electrons. The van der Waals surface area contributed by atoms with Crippen LogP contribution in [0, 0.1) is 0 Å². The van der Waals surface area contributed by atoms with Crippen LogP contribution in [0.15, 0.2) is 46.9 Å². The Bertz CT molecular complexity index is 597. The highest BCUT2D eigenvalue weighted by Gasteiger charge is 2.12. The Morgan fingerprint density at radius 3 is 2.53 bits per heavy atom. The van der Waals surface area contributed by atoms with E-state index in [0.717, 1.165) is 5.56 Å². The Hall–Kier alpha value is -1.65. The van der Waals surface area contributed by atoms with E-state index in [1.54, 1.807) is 12.1 Å². The molecule has 2 aromatic carbocycles. The molecule has 0 spiro atoms. The van der Waals surface area contributed by atoms with Crippen LogP contribution in [0.3, 0.4) is 0 Å². The standard InChI is InChI=1S/C15H14BrNO2/c16-13-8-11(7-12(9-17)15(13)19)14(18)6-10-4-2-1-3-5-10/h1-5,7-8,19H,6,9,17H2. The lowest BCUT2D eigenvalue weighted by molar-refractivity contribution is 0.0993. The zero-order chi connectivity index (χ0) is 13.8. The average Bonchev–Trinajstić information content (AvgIpc) is 2.42. The van der Waals surface area contributed by atoms with E-state index in [1.807, 2.05) is 30.3 Å². The summed E-state index contributed by atoms with van der Waals surface area (Å²) in [6, 6.07) is 12.8. The van der Waals surface area contributed by atoms with Gasteiger partial charge in [-0.3, -0.25) is 4.79 Å². The molecule has 0 bridgehead atoms. The first-order valence-electron chi connectivity index (χ1n) is 5.90. The minimum atomic E-state index is 0.00148. The number of halogens is 1. The Morgan fingerprint density at radius 2 is 1.89 bits per heavy atom. The molecule has 0 aliphatic heterocycles. The van der Waals surface area contributed by atoms with Gasteiger partial charge in [-0.05, 0) is 33.6 Å². The lowest BCUT2D eigenvalue weighted by Crippen LogP contribution is -2.06. The molecule has 0 aromatic heterocycles. The van der Waals surface area contributed by atoms with Gasteiger partial charge in [-0.15, -0.1) is 0 Å². The lowest BCUT2D eigenvalue weighted by atomic mass is 10.0. The summed E-state index contributed by atoms with van der Waals surface area (Å²) < 4.78 is 0.492. The van der Waals surface area contributed by atoms with Crippen LogP contribution in [0.4, 0.5) is 0 Å². The Balaban J connectivity index is 2.27. The Labute approximate surface area is 120 Å². The second-order valence-corrected chi connectivity index (χ2v) is 5.11. The fourth-order valence-corrected chi connectivity index (χ4v) is 2.36. The zero-order valence-electron chi connectivity index (χ0n) is 10.3. The second kappa shape index (κ2) is 5.99. The number of hydrogen-bond acceptors (Lipinski definition) is 3. The van der Waals surface area contributed by atoms with Gasteiger partial charge in [-0.25, -0.2) is 0 Å². The number of rotatable bonds is 4. The summed E-state index contributed by atoms with van der Waals surface area (Å²) in [6.45, 7) is 0.191. The molecule has 0 unspecified atom stereocenters. The molecule has 0 saturated heterocycles. The van der Waals surface area contributed by atoms with Gasteiger partial charge in [0, 0.05) is 24.1 Å². The first kappa shape index (κ1) is 13.8. The van der Waals surface area contributed by atoms with Crippen molar-refractivity contribution in [3.63, 3.8) is 0 Å². The molecule has 0 aliphatic carbocycles. The highest BCUT2D eigenvalue weighted by atomic mass is 79.9. The summed E-state index contributed by atoms with van der Waals surface area (Å²) in [5.74, 6) is 0.0976. The summed E-state index contributed by atoms with van der Waals surface area (Å²) in [5.41, 5.74) is 7.62. The summed E-state index contributed by atoms with van der Waals surface area (Å²) in [6.07, 6.45) is 0.335. The third-order valence-corrected chi connectivity index (χ3v) is 3.50. The lowest BCUT2D eigenvalue weighted by Gasteiger charge is -2.08. The molecular weight excluding hydrogens is 306 g/mol. The van der Waals surface area contributed by atoms with Crippen molar-refractivity contribution in [2.24, 2.45) is 5.73 Å². The van der Waals surface area contributed by atoms with E-state index < -0.39 is 0 Å². The van der Waals surface area contributed by atoms with Crippen LogP contribution in [0.25, 0.3) is 0 Å². The predicted octanol–water partition coefficient (Wildman–Crippen LogP) is 3.04. The molecule has 0 heterocycles. The van der Waals surface area contributed by atoms with Gasteiger partial charge in [0.1, 0.15) is 5.75 Å². The molecule has 19 heavy (non-hydrogen) atoms. The Morgan fingerprint density at radius 1 is 1.21 bits per heavy atom. The third kappa shape index (κ3) is 3.22. The SMILES string of the molecule is NCc1cc(C(=O)Cc2ccccc2)cc(Br)c1O. The molecule has 3 N–H and O–H groups in total. The number of phenols is 1. The summed E-state index contributed by atoms with van der Waals surface area (Å²) >= 11 is 3.23. The maximum atomic E-state index is 12.2. The molecule has 2 rings (SSSR count). The first-order chi connectivity index (χ1) is 9.11. The largest absolute Gasteiger partial charge is 0.506 e. The van der Waals surface area contributed by atoms with E-state index in [4.69, 9.17) is 5.73 Å². The van der Waals surface area contributed by atoms with Gasteiger partial charge in [-0.1, -0.05) is 30.3 Å². The van der Waals surface area contributed by atoms with Crippen molar-refractivity contribution in [1.82, 2.24) is 0 Å². The van der Waals surface area contributed by atoms with E-state index in [0.29, 0.717) is 22.0 Å². The smallest absolute Gasteiger partial charge is 0.167 e. The molecule has 0 atom stereocenters. The van der Waals surface area contributed by atoms with E-state index in [9.17, 15) is 9.90 Å². The molecule has 3 nitrogen and oxygen atoms in total. The normalized spacial score (nSPS) is 10.4. The zero-order valence-corrected chi connectivity index (χ0v) is 11.9. The van der Waals surface area contributed by atoms with Gasteiger partial charge in [0.2, 0.25) is 0 Å². The highest BCUT2D eigenvalue weighted by Crippen LogP contribution is 2.29. The monoisotopic (exact) mass is 319 g/mol.